The zero-order valence-corrected chi connectivity index (χ0v) is 15.3. The van der Waals surface area contributed by atoms with E-state index in [1.807, 2.05) is 0 Å². The van der Waals surface area contributed by atoms with Crippen LogP contribution in [0.2, 0.25) is 0 Å². The Morgan fingerprint density at radius 3 is 2.65 bits per heavy atom. The molecular formula is C19H27NO6. The molecule has 7 heteroatoms. The minimum atomic E-state index is -0.435. The second kappa shape index (κ2) is 12.9. The molecule has 144 valence electrons. The second-order valence-electron chi connectivity index (χ2n) is 5.80. The summed E-state index contributed by atoms with van der Waals surface area (Å²) in [6.45, 7) is 4.71. The Morgan fingerprint density at radius 1 is 1.23 bits per heavy atom. The smallest absolute Gasteiger partial charge is 0.305 e. The maximum Gasteiger partial charge on any atom is 0.305 e. The summed E-state index contributed by atoms with van der Waals surface area (Å²) >= 11 is 0. The number of rotatable bonds is 14. The summed E-state index contributed by atoms with van der Waals surface area (Å²) in [5, 5.41) is 10.9. The minimum Gasteiger partial charge on any atom is -0.493 e. The molecule has 0 heterocycles. The van der Waals surface area contributed by atoms with Crippen LogP contribution in [0.15, 0.2) is 30.9 Å². The Kier molecular flexibility index (Phi) is 10.7. The number of hydrogen-bond donors (Lipinski definition) is 0. The van der Waals surface area contributed by atoms with Gasteiger partial charge in [-0.2, -0.15) is 0 Å². The molecule has 0 fully saturated rings. The third-order valence-corrected chi connectivity index (χ3v) is 3.76. The van der Waals surface area contributed by atoms with Gasteiger partial charge in [-0.1, -0.05) is 25.3 Å². The van der Waals surface area contributed by atoms with E-state index in [-0.39, 0.29) is 18.3 Å². The van der Waals surface area contributed by atoms with Crippen LogP contribution in [0.5, 0.6) is 5.75 Å². The highest BCUT2D eigenvalue weighted by molar-refractivity contribution is 5.68. The average molecular weight is 365 g/mol. The summed E-state index contributed by atoms with van der Waals surface area (Å²) in [5.41, 5.74) is 0.666. The molecule has 1 rings (SSSR count). The number of methoxy groups -OCH3 is 1. The topological polar surface area (TPSA) is 87.9 Å². The fourth-order valence-corrected chi connectivity index (χ4v) is 2.37. The molecule has 1 aromatic rings. The zero-order valence-electron chi connectivity index (χ0n) is 15.3. The van der Waals surface area contributed by atoms with Crippen LogP contribution in [0.1, 0.15) is 44.1 Å². The first-order valence-electron chi connectivity index (χ1n) is 8.74. The van der Waals surface area contributed by atoms with E-state index in [0.717, 1.165) is 32.1 Å². The monoisotopic (exact) mass is 365 g/mol. The van der Waals surface area contributed by atoms with Crippen molar-refractivity contribution >= 4 is 11.7 Å². The Labute approximate surface area is 154 Å². The van der Waals surface area contributed by atoms with Crippen molar-refractivity contribution in [3.05, 3.63) is 46.5 Å². The number of nitro benzene ring substituents is 1. The average Bonchev–Trinajstić information content (AvgIpc) is 2.64. The van der Waals surface area contributed by atoms with Gasteiger partial charge in [0.15, 0.2) is 0 Å². The van der Waals surface area contributed by atoms with Crippen molar-refractivity contribution in [3.8, 4) is 5.75 Å². The molecule has 0 atom stereocenters. The summed E-state index contributed by atoms with van der Waals surface area (Å²) in [7, 11) is 1.40. The predicted molar refractivity (Wildman–Crippen MR) is 98.2 cm³/mol. The number of nitrogens with zero attached hydrogens (tertiary/aromatic N) is 1. The molecule has 0 aliphatic heterocycles. The summed E-state index contributed by atoms with van der Waals surface area (Å²) in [4.78, 5) is 21.5. The molecule has 0 N–H and O–H groups in total. The number of nitro groups is 1. The van der Waals surface area contributed by atoms with Gasteiger partial charge in [0.1, 0.15) is 5.75 Å². The van der Waals surface area contributed by atoms with Crippen LogP contribution in [0, 0.1) is 10.1 Å². The largest absolute Gasteiger partial charge is 0.493 e. The summed E-state index contributed by atoms with van der Waals surface area (Å²) < 4.78 is 15.7. The molecule has 0 radical (unpaired) electrons. The molecule has 0 saturated carbocycles. The Bertz CT molecular complexity index is 587. The van der Waals surface area contributed by atoms with Crippen molar-refractivity contribution in [1.82, 2.24) is 0 Å². The second-order valence-corrected chi connectivity index (χ2v) is 5.80. The molecule has 0 unspecified atom stereocenters. The molecule has 0 bridgehead atoms. The molecule has 0 amide bonds. The number of benzene rings is 1. The van der Waals surface area contributed by atoms with E-state index in [4.69, 9.17) is 9.47 Å². The summed E-state index contributed by atoms with van der Waals surface area (Å²) in [6.07, 6.45) is 6.80. The van der Waals surface area contributed by atoms with Gasteiger partial charge in [0, 0.05) is 24.1 Å². The van der Waals surface area contributed by atoms with Gasteiger partial charge in [-0.15, -0.1) is 6.58 Å². The third kappa shape index (κ3) is 8.62. The molecule has 0 aliphatic rings. The third-order valence-electron chi connectivity index (χ3n) is 3.76. The number of ether oxygens (including phenoxy) is 3. The lowest BCUT2D eigenvalue weighted by molar-refractivity contribution is -0.385. The van der Waals surface area contributed by atoms with Crippen LogP contribution in [-0.2, 0) is 20.9 Å². The van der Waals surface area contributed by atoms with Crippen molar-refractivity contribution < 1.29 is 23.9 Å². The van der Waals surface area contributed by atoms with E-state index in [0.29, 0.717) is 30.9 Å². The molecule has 0 saturated heterocycles. The molecule has 0 aliphatic carbocycles. The number of hydrogen-bond acceptors (Lipinski definition) is 6. The molecule has 0 aromatic heterocycles. The zero-order chi connectivity index (χ0) is 19.2. The van der Waals surface area contributed by atoms with Crippen LogP contribution in [-0.4, -0.2) is 31.2 Å². The Balaban J connectivity index is 2.37. The van der Waals surface area contributed by atoms with E-state index in [1.54, 1.807) is 12.1 Å². The number of esters is 1. The molecule has 0 spiro atoms. The predicted octanol–water partition coefficient (Wildman–Crippen LogP) is 4.19. The minimum absolute atomic E-state index is 0.0140. The van der Waals surface area contributed by atoms with Gasteiger partial charge < -0.3 is 14.2 Å². The van der Waals surface area contributed by atoms with Gasteiger partial charge in [0.2, 0.25) is 0 Å². The summed E-state index contributed by atoms with van der Waals surface area (Å²) in [5.74, 6) is 0.433. The first kappa shape index (κ1) is 21.6. The maximum absolute atomic E-state index is 11.0. The highest BCUT2D eigenvalue weighted by atomic mass is 16.6. The van der Waals surface area contributed by atoms with Gasteiger partial charge in [0.25, 0.3) is 5.69 Å². The highest BCUT2D eigenvalue weighted by Gasteiger charge is 2.12. The van der Waals surface area contributed by atoms with E-state index in [1.165, 1.54) is 19.2 Å². The SMILES string of the molecule is C=CCOCc1cc([N+](=O)[O-])ccc1OCCCCCCCC(=O)OC. The first-order chi connectivity index (χ1) is 12.6. The van der Waals surface area contributed by atoms with Gasteiger partial charge in [0.05, 0.1) is 31.9 Å². The van der Waals surface area contributed by atoms with Crippen molar-refractivity contribution in [3.63, 3.8) is 0 Å². The standard InChI is InChI=1S/C19H27NO6/c1-3-12-25-15-16-14-17(20(22)23)10-11-18(16)26-13-8-6-4-5-7-9-19(21)24-2/h3,10-11,14H,1,4-9,12-13,15H2,2H3. The number of non-ortho nitro benzene ring substituents is 1. The first-order valence-corrected chi connectivity index (χ1v) is 8.74. The van der Waals surface area contributed by atoms with Crippen LogP contribution < -0.4 is 4.74 Å². The van der Waals surface area contributed by atoms with Crippen molar-refractivity contribution in [1.29, 1.82) is 0 Å². The quantitative estimate of drug-likeness (QED) is 0.161. The normalized spacial score (nSPS) is 10.3. The highest BCUT2D eigenvalue weighted by Crippen LogP contribution is 2.25. The number of unbranched alkanes of at least 4 members (excludes halogenated alkanes) is 4. The number of carbonyl (C=O) groups is 1. The van der Waals surface area contributed by atoms with E-state index < -0.39 is 4.92 Å². The van der Waals surface area contributed by atoms with Crippen molar-refractivity contribution in [2.75, 3.05) is 20.3 Å². The van der Waals surface area contributed by atoms with Crippen LogP contribution in [0.4, 0.5) is 5.69 Å². The van der Waals surface area contributed by atoms with Gasteiger partial charge >= 0.3 is 5.97 Å². The van der Waals surface area contributed by atoms with E-state index in [9.17, 15) is 14.9 Å². The summed E-state index contributed by atoms with van der Waals surface area (Å²) in [6, 6.07) is 4.52. The molecule has 7 nitrogen and oxygen atoms in total. The maximum atomic E-state index is 11.0. The van der Waals surface area contributed by atoms with Gasteiger partial charge in [-0.3, -0.25) is 14.9 Å². The van der Waals surface area contributed by atoms with Crippen LogP contribution in [0.3, 0.4) is 0 Å². The van der Waals surface area contributed by atoms with E-state index in [2.05, 4.69) is 11.3 Å². The molecule has 1 aromatic carbocycles. The van der Waals surface area contributed by atoms with Crippen molar-refractivity contribution in [2.24, 2.45) is 0 Å². The van der Waals surface area contributed by atoms with Gasteiger partial charge in [-0.05, 0) is 18.9 Å². The van der Waals surface area contributed by atoms with E-state index >= 15 is 0 Å². The fraction of sp³-hybridized carbons (Fsp3) is 0.526. The Morgan fingerprint density at radius 2 is 1.96 bits per heavy atom. The fourth-order valence-electron chi connectivity index (χ4n) is 2.37. The van der Waals surface area contributed by atoms with Crippen LogP contribution in [0.25, 0.3) is 0 Å². The lowest BCUT2D eigenvalue weighted by atomic mass is 10.1. The lowest BCUT2D eigenvalue weighted by Gasteiger charge is -2.11. The van der Waals surface area contributed by atoms with Gasteiger partial charge in [-0.25, -0.2) is 0 Å². The van der Waals surface area contributed by atoms with Crippen LogP contribution >= 0.6 is 0 Å². The number of carbonyl (C=O) groups excluding carboxylic acids is 1. The Hall–Kier alpha value is -2.41. The van der Waals surface area contributed by atoms with Crippen molar-refractivity contribution in [2.45, 2.75) is 45.1 Å². The molecule has 26 heavy (non-hydrogen) atoms. The lowest BCUT2D eigenvalue weighted by Crippen LogP contribution is -2.03. The molecular weight excluding hydrogens is 338 g/mol.